The van der Waals surface area contributed by atoms with Crippen LogP contribution in [-0.4, -0.2) is 23.5 Å². The van der Waals surface area contributed by atoms with Gasteiger partial charge in [-0.2, -0.15) is 0 Å². The molecule has 6 heteroatoms. The zero-order valence-corrected chi connectivity index (χ0v) is 9.39. The zero-order valence-electron chi connectivity index (χ0n) is 8.57. The molecule has 88 valence electrons. The normalized spacial score (nSPS) is 20.8. The SMILES string of the molecule is O=S(=O)(C1CCCc2ccccc21)N(O)O. The lowest BCUT2D eigenvalue weighted by molar-refractivity contribution is -0.227. The molecule has 5 nitrogen and oxygen atoms in total. The van der Waals surface area contributed by atoms with E-state index in [1.54, 1.807) is 12.1 Å². The summed E-state index contributed by atoms with van der Waals surface area (Å²) < 4.78 is 22.7. The molecule has 0 bridgehead atoms. The van der Waals surface area contributed by atoms with Gasteiger partial charge in [-0.25, -0.2) is 8.42 Å². The Balaban J connectivity index is 2.47. The largest absolute Gasteiger partial charge is 0.276 e. The number of hydrogen-bond donors (Lipinski definition) is 2. The Morgan fingerprint density at radius 3 is 2.62 bits per heavy atom. The second-order valence-electron chi connectivity index (χ2n) is 3.85. The molecule has 0 heterocycles. The summed E-state index contributed by atoms with van der Waals surface area (Å²) in [4.78, 5) is 0. The lowest BCUT2D eigenvalue weighted by Gasteiger charge is -2.25. The van der Waals surface area contributed by atoms with Gasteiger partial charge in [-0.05, 0) is 30.4 Å². The van der Waals surface area contributed by atoms with Crippen molar-refractivity contribution in [1.29, 1.82) is 0 Å². The van der Waals surface area contributed by atoms with Crippen molar-refractivity contribution < 1.29 is 18.8 Å². The fraction of sp³-hybridized carbons (Fsp3) is 0.400. The molecule has 0 radical (unpaired) electrons. The predicted molar refractivity (Wildman–Crippen MR) is 56.5 cm³/mol. The van der Waals surface area contributed by atoms with Crippen LogP contribution in [0.2, 0.25) is 0 Å². The maximum Gasteiger partial charge on any atom is 0.266 e. The smallest absolute Gasteiger partial charge is 0.266 e. The Bertz CT molecular complexity index is 483. The van der Waals surface area contributed by atoms with Crippen molar-refractivity contribution in [2.45, 2.75) is 24.5 Å². The topological polar surface area (TPSA) is 77.8 Å². The fourth-order valence-corrected chi connectivity index (χ4v) is 3.38. The van der Waals surface area contributed by atoms with E-state index in [9.17, 15) is 8.42 Å². The fourth-order valence-electron chi connectivity index (χ4n) is 2.13. The van der Waals surface area contributed by atoms with Crippen LogP contribution in [0.15, 0.2) is 24.3 Å². The minimum Gasteiger partial charge on any atom is -0.276 e. The molecule has 0 aromatic heterocycles. The van der Waals surface area contributed by atoms with E-state index in [1.165, 1.54) is 0 Å². The van der Waals surface area contributed by atoms with Crippen LogP contribution < -0.4 is 0 Å². The molecule has 16 heavy (non-hydrogen) atoms. The van der Waals surface area contributed by atoms with Gasteiger partial charge in [-0.3, -0.25) is 10.4 Å². The molecule has 0 spiro atoms. The Morgan fingerprint density at radius 2 is 1.94 bits per heavy atom. The van der Waals surface area contributed by atoms with Gasteiger partial charge in [0.15, 0.2) is 0 Å². The monoisotopic (exact) mass is 243 g/mol. The summed E-state index contributed by atoms with van der Waals surface area (Å²) in [5, 5.41) is 16.7. The van der Waals surface area contributed by atoms with Crippen molar-refractivity contribution in [3.8, 4) is 0 Å². The number of rotatable bonds is 2. The summed E-state index contributed by atoms with van der Waals surface area (Å²) in [7, 11) is -4.07. The molecular formula is C10H13NO4S. The molecule has 2 N–H and O–H groups in total. The maximum atomic E-state index is 11.7. The Hall–Kier alpha value is -0.950. The average molecular weight is 243 g/mol. The van der Waals surface area contributed by atoms with Crippen molar-refractivity contribution >= 4 is 10.0 Å². The van der Waals surface area contributed by atoms with Gasteiger partial charge in [-0.15, -0.1) is 0 Å². The molecule has 1 aromatic rings. The van der Waals surface area contributed by atoms with Gasteiger partial charge in [0, 0.05) is 4.63 Å². The number of benzene rings is 1. The van der Waals surface area contributed by atoms with Crippen LogP contribution in [-0.2, 0) is 16.4 Å². The summed E-state index contributed by atoms with van der Waals surface area (Å²) in [5.41, 5.74) is 1.63. The molecule has 1 atom stereocenters. The van der Waals surface area contributed by atoms with Crippen molar-refractivity contribution in [2.75, 3.05) is 0 Å². The third-order valence-electron chi connectivity index (χ3n) is 2.90. The Labute approximate surface area is 93.9 Å². The molecule has 2 rings (SSSR count). The highest BCUT2D eigenvalue weighted by atomic mass is 32.2. The average Bonchev–Trinajstić information content (AvgIpc) is 2.28. The first-order valence-electron chi connectivity index (χ1n) is 5.03. The lowest BCUT2D eigenvalue weighted by atomic mass is 9.91. The highest BCUT2D eigenvalue weighted by molar-refractivity contribution is 7.89. The summed E-state index contributed by atoms with van der Waals surface area (Å²) >= 11 is 0. The highest BCUT2D eigenvalue weighted by Crippen LogP contribution is 2.36. The van der Waals surface area contributed by atoms with Gasteiger partial charge in [0.05, 0.1) is 0 Å². The third-order valence-corrected chi connectivity index (χ3v) is 4.57. The third kappa shape index (κ3) is 1.84. The van der Waals surface area contributed by atoms with Gasteiger partial charge in [0.25, 0.3) is 10.0 Å². The second kappa shape index (κ2) is 4.14. The standard InChI is InChI=1S/C10H13NO4S/c12-11(13)16(14,15)10-7-3-5-8-4-1-2-6-9(8)10/h1-2,4,6,10,12-13H,3,5,7H2. The van der Waals surface area contributed by atoms with Crippen LogP contribution in [0.5, 0.6) is 0 Å². The molecule has 0 fully saturated rings. The molecule has 1 aromatic carbocycles. The number of sulfonamides is 1. The van der Waals surface area contributed by atoms with Crippen LogP contribution in [0.25, 0.3) is 0 Å². The van der Waals surface area contributed by atoms with Crippen molar-refractivity contribution in [1.82, 2.24) is 4.63 Å². The van der Waals surface area contributed by atoms with Crippen molar-refractivity contribution in [2.24, 2.45) is 0 Å². The molecule has 1 unspecified atom stereocenters. The van der Waals surface area contributed by atoms with E-state index in [0.717, 1.165) is 18.4 Å². The number of fused-ring (bicyclic) bond motifs is 1. The molecule has 1 aliphatic rings. The van der Waals surface area contributed by atoms with Gasteiger partial charge in [0.1, 0.15) is 5.25 Å². The van der Waals surface area contributed by atoms with Crippen molar-refractivity contribution in [3.05, 3.63) is 35.4 Å². The second-order valence-corrected chi connectivity index (χ2v) is 5.77. The summed E-state index contributed by atoms with van der Waals surface area (Å²) in [6.07, 6.45) is 1.98. The molecule has 0 saturated heterocycles. The van der Waals surface area contributed by atoms with Crippen molar-refractivity contribution in [3.63, 3.8) is 0 Å². The molecular weight excluding hydrogens is 230 g/mol. The summed E-state index contributed by atoms with van der Waals surface area (Å²) in [5.74, 6) is 0. The van der Waals surface area contributed by atoms with E-state index in [0.29, 0.717) is 12.0 Å². The lowest BCUT2D eigenvalue weighted by Crippen LogP contribution is -2.31. The van der Waals surface area contributed by atoms with E-state index in [-0.39, 0.29) is 0 Å². The van der Waals surface area contributed by atoms with E-state index in [1.807, 2.05) is 12.1 Å². The van der Waals surface area contributed by atoms with Gasteiger partial charge in [0.2, 0.25) is 0 Å². The zero-order chi connectivity index (χ0) is 11.8. The van der Waals surface area contributed by atoms with Crippen LogP contribution in [0.4, 0.5) is 0 Å². The molecule has 0 aliphatic heterocycles. The van der Waals surface area contributed by atoms with E-state index >= 15 is 0 Å². The number of nitrogens with zero attached hydrogens (tertiary/aromatic N) is 1. The van der Waals surface area contributed by atoms with Gasteiger partial charge in [-0.1, -0.05) is 24.3 Å². The quantitative estimate of drug-likeness (QED) is 0.771. The molecule has 0 amide bonds. The van der Waals surface area contributed by atoms with E-state index in [4.69, 9.17) is 10.4 Å². The van der Waals surface area contributed by atoms with E-state index < -0.39 is 19.9 Å². The molecule has 1 aliphatic carbocycles. The first-order chi connectivity index (χ1) is 7.53. The van der Waals surface area contributed by atoms with E-state index in [2.05, 4.69) is 0 Å². The predicted octanol–water partition coefficient (Wildman–Crippen LogP) is 1.47. The maximum absolute atomic E-state index is 11.7. The van der Waals surface area contributed by atoms with Gasteiger partial charge >= 0.3 is 0 Å². The van der Waals surface area contributed by atoms with Crippen LogP contribution in [0, 0.1) is 0 Å². The summed E-state index contributed by atoms with van der Waals surface area (Å²) in [6.45, 7) is 0. The highest BCUT2D eigenvalue weighted by Gasteiger charge is 2.35. The number of hydrogen-bond acceptors (Lipinski definition) is 4. The van der Waals surface area contributed by atoms with Crippen LogP contribution in [0.1, 0.15) is 29.2 Å². The first-order valence-corrected chi connectivity index (χ1v) is 6.53. The number of aryl methyl sites for hydroxylation is 1. The van der Waals surface area contributed by atoms with Gasteiger partial charge < -0.3 is 0 Å². The minimum atomic E-state index is -4.07. The molecule has 0 saturated carbocycles. The van der Waals surface area contributed by atoms with Crippen LogP contribution in [0.3, 0.4) is 0 Å². The van der Waals surface area contributed by atoms with Crippen LogP contribution >= 0.6 is 0 Å². The summed E-state index contributed by atoms with van der Waals surface area (Å²) in [6, 6.07) is 7.20. The first kappa shape index (κ1) is 11.5. The minimum absolute atomic E-state index is 0.414. The Morgan fingerprint density at radius 1 is 1.25 bits per heavy atom. The Kier molecular flexibility index (Phi) is 2.98.